The Morgan fingerprint density at radius 3 is 2.73 bits per heavy atom. The molecule has 2 fully saturated rings. The van der Waals surface area contributed by atoms with E-state index in [4.69, 9.17) is 17.2 Å². The molecule has 0 bridgehead atoms. The average Bonchev–Trinajstić information content (AvgIpc) is 3.08. The van der Waals surface area contributed by atoms with Crippen LogP contribution >= 0.6 is 24.0 Å². The van der Waals surface area contributed by atoms with Crippen molar-refractivity contribution in [1.29, 1.82) is 0 Å². The highest BCUT2D eigenvalue weighted by Crippen LogP contribution is 2.34. The summed E-state index contributed by atoms with van der Waals surface area (Å²) in [6, 6.07) is 5.79. The third-order valence-electron chi connectivity index (χ3n) is 6.51. The molecule has 0 atom stereocenters. The summed E-state index contributed by atoms with van der Waals surface area (Å²) >= 11 is 6.76. The van der Waals surface area contributed by atoms with Crippen molar-refractivity contribution in [3.63, 3.8) is 0 Å². The summed E-state index contributed by atoms with van der Waals surface area (Å²) in [4.78, 5) is 33.4. The van der Waals surface area contributed by atoms with E-state index in [-0.39, 0.29) is 17.5 Å². The first-order valence-corrected chi connectivity index (χ1v) is 13.2. The number of thioether (sulfide) groups is 1. The van der Waals surface area contributed by atoms with Gasteiger partial charge in [-0.2, -0.15) is 0 Å². The molecule has 0 aromatic carbocycles. The number of nitrogens with one attached hydrogen (secondary N) is 1. The van der Waals surface area contributed by atoms with E-state index in [2.05, 4.69) is 19.2 Å². The standard InChI is InChI=1S/C25H32N4O2S2/c1-3-4-5-7-15-29-24(31)20(33-25(29)32)16-19-22(26-18-12-10-17(2)11-13-18)27-21-9-6-8-14-28(21)23(19)30/h6,8-9,14,16-18,26H,3-5,7,10-13,15H2,1-2H3. The number of anilines is 1. The minimum absolute atomic E-state index is 0.114. The van der Waals surface area contributed by atoms with Gasteiger partial charge in [-0.05, 0) is 56.2 Å². The molecule has 1 amide bonds. The number of thiocarbonyl (C=S) groups is 1. The summed E-state index contributed by atoms with van der Waals surface area (Å²) in [6.45, 7) is 5.08. The molecule has 1 aliphatic heterocycles. The van der Waals surface area contributed by atoms with Crippen LogP contribution in [0.4, 0.5) is 5.82 Å². The number of amides is 1. The average molecular weight is 485 g/mol. The van der Waals surface area contributed by atoms with E-state index in [0.717, 1.165) is 57.3 Å². The third kappa shape index (κ3) is 5.49. The first-order chi connectivity index (χ1) is 16.0. The molecule has 2 aliphatic rings. The van der Waals surface area contributed by atoms with E-state index in [1.54, 1.807) is 17.2 Å². The number of hydrogen-bond acceptors (Lipinski definition) is 6. The molecule has 6 nitrogen and oxygen atoms in total. The molecule has 1 aliphatic carbocycles. The predicted molar refractivity (Wildman–Crippen MR) is 141 cm³/mol. The second-order valence-corrected chi connectivity index (χ2v) is 10.8. The minimum Gasteiger partial charge on any atom is -0.367 e. The van der Waals surface area contributed by atoms with Gasteiger partial charge in [-0.15, -0.1) is 0 Å². The van der Waals surface area contributed by atoms with Crippen molar-refractivity contribution in [2.24, 2.45) is 5.92 Å². The zero-order valence-electron chi connectivity index (χ0n) is 19.4. The van der Waals surface area contributed by atoms with Crippen LogP contribution in [0.2, 0.25) is 0 Å². The van der Waals surface area contributed by atoms with Crippen molar-refractivity contribution in [2.45, 2.75) is 71.3 Å². The van der Waals surface area contributed by atoms with Crippen molar-refractivity contribution in [1.82, 2.24) is 14.3 Å². The summed E-state index contributed by atoms with van der Waals surface area (Å²) in [6.07, 6.45) is 12.1. The Morgan fingerprint density at radius 2 is 1.97 bits per heavy atom. The van der Waals surface area contributed by atoms with Gasteiger partial charge in [0.2, 0.25) is 0 Å². The minimum atomic E-state index is -0.180. The van der Waals surface area contributed by atoms with Crippen LogP contribution < -0.4 is 10.9 Å². The SMILES string of the molecule is CCCCCCN1C(=O)C(=Cc2c(NC3CCC(C)CC3)nc3ccccn3c2=O)SC1=S. The molecular weight excluding hydrogens is 452 g/mol. The smallest absolute Gasteiger partial charge is 0.267 e. The first kappa shape index (κ1) is 24.0. The summed E-state index contributed by atoms with van der Waals surface area (Å²) in [5.41, 5.74) is 0.832. The van der Waals surface area contributed by atoms with E-state index in [1.807, 2.05) is 18.2 Å². The van der Waals surface area contributed by atoms with E-state index in [9.17, 15) is 9.59 Å². The Morgan fingerprint density at radius 1 is 1.18 bits per heavy atom. The van der Waals surface area contributed by atoms with Gasteiger partial charge in [0.05, 0.1) is 10.5 Å². The molecule has 2 aromatic rings. The maximum absolute atomic E-state index is 13.4. The van der Waals surface area contributed by atoms with E-state index in [1.165, 1.54) is 16.2 Å². The maximum atomic E-state index is 13.4. The van der Waals surface area contributed by atoms with Gasteiger partial charge in [0.15, 0.2) is 0 Å². The van der Waals surface area contributed by atoms with E-state index >= 15 is 0 Å². The maximum Gasteiger partial charge on any atom is 0.267 e. The number of carbonyl (C=O) groups is 1. The van der Waals surface area contributed by atoms with Gasteiger partial charge in [0.25, 0.3) is 11.5 Å². The molecule has 2 aromatic heterocycles. The molecule has 176 valence electrons. The number of rotatable bonds is 8. The number of pyridine rings is 1. The van der Waals surface area contributed by atoms with Gasteiger partial charge in [-0.3, -0.25) is 18.9 Å². The number of aromatic nitrogens is 2. The molecule has 33 heavy (non-hydrogen) atoms. The lowest BCUT2D eigenvalue weighted by atomic mass is 9.87. The van der Waals surface area contributed by atoms with Crippen molar-refractivity contribution in [2.75, 3.05) is 11.9 Å². The number of fused-ring (bicyclic) bond motifs is 1. The molecule has 8 heteroatoms. The highest BCUT2D eigenvalue weighted by molar-refractivity contribution is 8.26. The highest BCUT2D eigenvalue weighted by Gasteiger charge is 2.32. The largest absolute Gasteiger partial charge is 0.367 e. The van der Waals surface area contributed by atoms with Crippen LogP contribution in [-0.2, 0) is 4.79 Å². The van der Waals surface area contributed by atoms with Crippen LogP contribution in [0.5, 0.6) is 0 Å². The van der Waals surface area contributed by atoms with Crippen molar-refractivity contribution < 1.29 is 4.79 Å². The summed E-state index contributed by atoms with van der Waals surface area (Å²) in [7, 11) is 0. The monoisotopic (exact) mass is 484 g/mol. The fraction of sp³-hybridized carbons (Fsp3) is 0.520. The first-order valence-electron chi connectivity index (χ1n) is 12.0. The molecule has 3 heterocycles. The van der Waals surface area contributed by atoms with E-state index < -0.39 is 0 Å². The highest BCUT2D eigenvalue weighted by atomic mass is 32.2. The Bertz CT molecular complexity index is 1120. The van der Waals surface area contributed by atoms with Gasteiger partial charge in [-0.25, -0.2) is 4.98 Å². The van der Waals surface area contributed by atoms with Crippen molar-refractivity contribution in [3.8, 4) is 0 Å². The predicted octanol–water partition coefficient (Wildman–Crippen LogP) is 5.47. The molecular formula is C25H32N4O2S2. The Kier molecular flexibility index (Phi) is 7.86. The van der Waals surface area contributed by atoms with Crippen molar-refractivity contribution >= 4 is 51.7 Å². The second kappa shape index (κ2) is 10.8. The van der Waals surface area contributed by atoms with Gasteiger partial charge >= 0.3 is 0 Å². The van der Waals surface area contributed by atoms with Gasteiger partial charge < -0.3 is 5.32 Å². The van der Waals surface area contributed by atoms with E-state index in [0.29, 0.717) is 32.8 Å². The topological polar surface area (TPSA) is 66.7 Å². The fourth-order valence-corrected chi connectivity index (χ4v) is 5.75. The Balaban J connectivity index is 1.65. The van der Waals surface area contributed by atoms with Gasteiger partial charge in [-0.1, -0.05) is 63.2 Å². The van der Waals surface area contributed by atoms with Crippen LogP contribution in [0.15, 0.2) is 34.1 Å². The third-order valence-corrected chi connectivity index (χ3v) is 7.89. The van der Waals surface area contributed by atoms with Crippen LogP contribution in [-0.4, -0.2) is 37.1 Å². The molecule has 1 saturated carbocycles. The van der Waals surface area contributed by atoms with Gasteiger partial charge in [0, 0.05) is 18.8 Å². The molecule has 0 spiro atoms. The summed E-state index contributed by atoms with van der Waals surface area (Å²) < 4.78 is 2.10. The normalized spacial score (nSPS) is 22.5. The molecule has 0 unspecified atom stereocenters. The quantitative estimate of drug-likeness (QED) is 0.305. The number of carbonyl (C=O) groups excluding carboxylic acids is 1. The zero-order chi connectivity index (χ0) is 23.4. The molecule has 0 radical (unpaired) electrons. The lowest BCUT2D eigenvalue weighted by Gasteiger charge is -2.27. The number of nitrogens with zero attached hydrogens (tertiary/aromatic N) is 3. The second-order valence-electron chi connectivity index (χ2n) is 9.10. The number of hydrogen-bond donors (Lipinski definition) is 1. The number of unbranched alkanes of at least 4 members (excludes halogenated alkanes) is 3. The molecule has 1 N–H and O–H groups in total. The summed E-state index contributed by atoms with van der Waals surface area (Å²) in [5.74, 6) is 1.17. The van der Waals surface area contributed by atoms with Crippen LogP contribution in [0.3, 0.4) is 0 Å². The van der Waals surface area contributed by atoms with Crippen LogP contribution in [0.1, 0.15) is 70.8 Å². The molecule has 4 rings (SSSR count). The lowest BCUT2D eigenvalue weighted by Crippen LogP contribution is -2.29. The Hall–Kier alpha value is -2.19. The van der Waals surface area contributed by atoms with Gasteiger partial charge in [0.1, 0.15) is 15.8 Å². The van der Waals surface area contributed by atoms with Crippen LogP contribution in [0, 0.1) is 5.92 Å². The lowest BCUT2D eigenvalue weighted by molar-refractivity contribution is -0.122. The van der Waals surface area contributed by atoms with Crippen molar-refractivity contribution in [3.05, 3.63) is 45.2 Å². The Labute approximate surface area is 204 Å². The van der Waals surface area contributed by atoms with Crippen LogP contribution in [0.25, 0.3) is 11.7 Å². The fourth-order valence-electron chi connectivity index (χ4n) is 4.46. The molecule has 1 saturated heterocycles. The zero-order valence-corrected chi connectivity index (χ0v) is 21.0. The summed E-state index contributed by atoms with van der Waals surface area (Å²) in [5, 5.41) is 3.53.